The van der Waals surface area contributed by atoms with Crippen molar-refractivity contribution in [2.45, 2.75) is 45.1 Å². The summed E-state index contributed by atoms with van der Waals surface area (Å²) in [6.07, 6.45) is 5.48. The van der Waals surface area contributed by atoms with E-state index in [1.54, 1.807) is 0 Å². The lowest BCUT2D eigenvalue weighted by Gasteiger charge is -2.21. The second-order valence-electron chi connectivity index (χ2n) is 4.49. The molecule has 0 saturated heterocycles. The molecule has 0 heterocycles. The lowest BCUT2D eigenvalue weighted by Crippen LogP contribution is -2.20. The molecule has 92 valence electrons. The van der Waals surface area contributed by atoms with Gasteiger partial charge in [-0.3, -0.25) is 0 Å². The van der Waals surface area contributed by atoms with Crippen LogP contribution in [0.15, 0.2) is 29.4 Å². The highest BCUT2D eigenvalue weighted by Gasteiger charge is 2.14. The van der Waals surface area contributed by atoms with E-state index in [1.165, 1.54) is 6.42 Å². The number of rotatable bonds is 3. The minimum atomic E-state index is 0.0361. The van der Waals surface area contributed by atoms with Crippen molar-refractivity contribution in [2.24, 2.45) is 5.11 Å². The van der Waals surface area contributed by atoms with Crippen LogP contribution in [0.25, 0.3) is 0 Å². The Balaban J connectivity index is 1.99. The van der Waals surface area contributed by atoms with E-state index in [4.69, 9.17) is 4.84 Å². The molecule has 0 aromatic heterocycles. The van der Waals surface area contributed by atoms with E-state index < -0.39 is 0 Å². The maximum Gasteiger partial charge on any atom is 0.174 e. The summed E-state index contributed by atoms with van der Waals surface area (Å²) in [4.78, 5) is 5.26. The molecule has 2 rings (SSSR count). The van der Waals surface area contributed by atoms with Crippen LogP contribution in [0.5, 0.6) is 0 Å². The summed E-state index contributed by atoms with van der Waals surface area (Å²) in [7, 11) is 0. The van der Waals surface area contributed by atoms with Crippen molar-refractivity contribution >= 4 is 5.69 Å². The molecule has 4 heteroatoms. The predicted molar refractivity (Wildman–Crippen MR) is 64.9 cm³/mol. The molecule has 1 aromatic rings. The molecule has 1 saturated carbocycles. The van der Waals surface area contributed by atoms with Crippen molar-refractivity contribution in [3.8, 4) is 0 Å². The van der Waals surface area contributed by atoms with Crippen molar-refractivity contribution in [2.75, 3.05) is 0 Å². The molecule has 1 aliphatic rings. The summed E-state index contributed by atoms with van der Waals surface area (Å²) in [5.41, 5.74) is 1.64. The van der Waals surface area contributed by atoms with Gasteiger partial charge >= 0.3 is 0 Å². The van der Waals surface area contributed by atoms with Gasteiger partial charge in [0.1, 0.15) is 5.69 Å². The summed E-state index contributed by atoms with van der Waals surface area (Å²) in [5, 5.41) is 15.8. The van der Waals surface area contributed by atoms with Crippen molar-refractivity contribution in [3.05, 3.63) is 35.0 Å². The Morgan fingerprint density at radius 1 is 1.24 bits per heavy atom. The predicted octanol–water partition coefficient (Wildman–Crippen LogP) is 3.85. The van der Waals surface area contributed by atoms with Gasteiger partial charge in [-0.05, 0) is 31.4 Å². The van der Waals surface area contributed by atoms with E-state index in [2.05, 4.69) is 5.11 Å². The largest absolute Gasteiger partial charge is 0.377 e. The molecular weight excluding hydrogens is 216 g/mol. The molecule has 0 spiro atoms. The van der Waals surface area contributed by atoms with Crippen molar-refractivity contribution in [1.29, 1.82) is 0 Å². The highest BCUT2D eigenvalue weighted by molar-refractivity contribution is 5.43. The molecule has 0 unspecified atom stereocenters. The Kier molecular flexibility index (Phi) is 3.96. The molecule has 0 N–H and O–H groups in total. The molecular formula is C13H18N2O2. The van der Waals surface area contributed by atoms with Gasteiger partial charge in [-0.1, -0.05) is 37.5 Å². The summed E-state index contributed by atoms with van der Waals surface area (Å²) in [5.74, 6) is 0. The fourth-order valence-corrected chi connectivity index (χ4v) is 2.09. The highest BCUT2D eigenvalue weighted by Crippen LogP contribution is 2.22. The van der Waals surface area contributed by atoms with Gasteiger partial charge in [-0.15, -0.1) is 0 Å². The monoisotopic (exact) mass is 234 g/mol. The standard InChI is InChI=1S/C13H18N2O2/c1-11-7-5-6-10-13(11)14-15(16)17-12-8-3-2-4-9-12/h5-7,10,12H,2-4,8-9H2,1H3. The molecule has 0 atom stereocenters. The first-order valence-corrected chi connectivity index (χ1v) is 6.17. The first kappa shape index (κ1) is 11.9. The van der Waals surface area contributed by atoms with Crippen LogP contribution in [0.1, 0.15) is 37.7 Å². The van der Waals surface area contributed by atoms with Crippen LogP contribution in [0.3, 0.4) is 0 Å². The quantitative estimate of drug-likeness (QED) is 0.589. The van der Waals surface area contributed by atoms with Crippen molar-refractivity contribution in [3.63, 3.8) is 0 Å². The molecule has 0 amide bonds. The number of aryl methyl sites for hydroxylation is 1. The fraction of sp³-hybridized carbons (Fsp3) is 0.538. The number of benzene rings is 1. The summed E-state index contributed by atoms with van der Waals surface area (Å²) < 4.78 is 0. The van der Waals surface area contributed by atoms with E-state index in [0.29, 0.717) is 10.7 Å². The Hall–Kier alpha value is -1.58. The van der Waals surface area contributed by atoms with Crippen LogP contribution in [0, 0.1) is 12.1 Å². The van der Waals surface area contributed by atoms with Crippen LogP contribution in [-0.2, 0) is 4.84 Å². The SMILES string of the molecule is Cc1ccccc1N=[N+]([O-])OC1CCCCC1. The van der Waals surface area contributed by atoms with Crippen LogP contribution in [-0.4, -0.2) is 11.1 Å². The normalized spacial score (nSPS) is 18.1. The minimum absolute atomic E-state index is 0.0361. The van der Waals surface area contributed by atoms with Gasteiger partial charge in [0.05, 0.1) is 11.2 Å². The van der Waals surface area contributed by atoms with E-state index in [-0.39, 0.29) is 6.10 Å². The molecule has 1 aliphatic carbocycles. The average molecular weight is 234 g/mol. The third-order valence-corrected chi connectivity index (χ3v) is 3.10. The van der Waals surface area contributed by atoms with E-state index in [0.717, 1.165) is 31.2 Å². The molecule has 0 aliphatic heterocycles. The molecule has 4 nitrogen and oxygen atoms in total. The van der Waals surface area contributed by atoms with Gasteiger partial charge in [0.15, 0.2) is 5.02 Å². The first-order valence-electron chi connectivity index (χ1n) is 6.17. The van der Waals surface area contributed by atoms with Gasteiger partial charge < -0.3 is 4.84 Å². The summed E-state index contributed by atoms with van der Waals surface area (Å²) in [6, 6.07) is 7.52. The second-order valence-corrected chi connectivity index (χ2v) is 4.49. The van der Waals surface area contributed by atoms with E-state index in [1.807, 2.05) is 31.2 Å². The third-order valence-electron chi connectivity index (χ3n) is 3.10. The lowest BCUT2D eigenvalue weighted by atomic mass is 9.98. The van der Waals surface area contributed by atoms with E-state index in [9.17, 15) is 5.21 Å². The van der Waals surface area contributed by atoms with Crippen molar-refractivity contribution in [1.82, 2.24) is 0 Å². The maximum absolute atomic E-state index is 11.6. The van der Waals surface area contributed by atoms with Crippen LogP contribution in [0.4, 0.5) is 5.69 Å². The molecule has 1 aromatic carbocycles. The zero-order valence-corrected chi connectivity index (χ0v) is 10.1. The topological polar surface area (TPSA) is 47.7 Å². The first-order chi connectivity index (χ1) is 8.25. The van der Waals surface area contributed by atoms with Gasteiger partial charge in [-0.25, -0.2) is 5.21 Å². The van der Waals surface area contributed by atoms with Gasteiger partial charge in [0.2, 0.25) is 0 Å². The highest BCUT2D eigenvalue weighted by atomic mass is 16.9. The van der Waals surface area contributed by atoms with Crippen LogP contribution < -0.4 is 0 Å². The number of hydrogen-bond donors (Lipinski definition) is 0. The van der Waals surface area contributed by atoms with Gasteiger partial charge in [0, 0.05) is 0 Å². The van der Waals surface area contributed by atoms with Crippen LogP contribution >= 0.6 is 0 Å². The van der Waals surface area contributed by atoms with E-state index >= 15 is 0 Å². The van der Waals surface area contributed by atoms with Crippen molar-refractivity contribution < 1.29 is 9.86 Å². The molecule has 0 radical (unpaired) electrons. The smallest absolute Gasteiger partial charge is 0.174 e. The molecule has 0 bridgehead atoms. The third kappa shape index (κ3) is 3.44. The average Bonchev–Trinajstić information content (AvgIpc) is 2.33. The Labute approximate surface area is 101 Å². The number of hydrogen-bond acceptors (Lipinski definition) is 3. The summed E-state index contributed by atoms with van der Waals surface area (Å²) in [6.45, 7) is 1.92. The summed E-state index contributed by atoms with van der Waals surface area (Å²) >= 11 is 0. The molecule has 1 fully saturated rings. The van der Waals surface area contributed by atoms with Gasteiger partial charge in [0.25, 0.3) is 0 Å². The maximum atomic E-state index is 11.6. The number of nitrogens with zero attached hydrogens (tertiary/aromatic N) is 2. The van der Waals surface area contributed by atoms with Gasteiger partial charge in [-0.2, -0.15) is 0 Å². The zero-order chi connectivity index (χ0) is 12.1. The zero-order valence-electron chi connectivity index (χ0n) is 10.1. The fourth-order valence-electron chi connectivity index (χ4n) is 2.09. The second kappa shape index (κ2) is 5.66. The lowest BCUT2D eigenvalue weighted by molar-refractivity contribution is -0.798. The van der Waals surface area contributed by atoms with Crippen LogP contribution in [0.2, 0.25) is 0 Å². The Bertz CT molecular complexity index is 398. The molecule has 17 heavy (non-hydrogen) atoms. The Morgan fingerprint density at radius 2 is 1.94 bits per heavy atom. The minimum Gasteiger partial charge on any atom is -0.377 e. The Morgan fingerprint density at radius 3 is 2.65 bits per heavy atom.